The Morgan fingerprint density at radius 1 is 1.00 bits per heavy atom. The van der Waals surface area contributed by atoms with Crippen molar-refractivity contribution < 1.29 is 9.90 Å². The molecule has 0 amide bonds. The molecule has 19 heavy (non-hydrogen) atoms. The van der Waals surface area contributed by atoms with Crippen molar-refractivity contribution in [1.82, 2.24) is 9.97 Å². The van der Waals surface area contributed by atoms with Crippen LogP contribution in [0.2, 0.25) is 0 Å². The third-order valence-electron chi connectivity index (χ3n) is 2.52. The van der Waals surface area contributed by atoms with Crippen LogP contribution in [-0.2, 0) is 4.79 Å². The van der Waals surface area contributed by atoms with Crippen LogP contribution < -0.4 is 5.73 Å². The van der Waals surface area contributed by atoms with Gasteiger partial charge in [-0.3, -0.25) is 14.8 Å². The average Bonchev–Trinajstić information content (AvgIpc) is 2.48. The van der Waals surface area contributed by atoms with E-state index in [4.69, 9.17) is 5.11 Å². The molecule has 3 N–H and O–H groups in total. The average molecular weight is 255 g/mol. The molecule has 0 spiro atoms. The molecular weight excluding hydrogens is 242 g/mol. The summed E-state index contributed by atoms with van der Waals surface area (Å²) in [5, 5.41) is 9.87. The Labute approximate surface area is 109 Å². The minimum absolute atomic E-state index is 0.278. The third kappa shape index (κ3) is 3.02. The van der Waals surface area contributed by atoms with Crippen molar-refractivity contribution in [3.05, 3.63) is 48.8 Å². The number of nitrogens with two attached hydrogens (primary N) is 1. The van der Waals surface area contributed by atoms with Crippen LogP contribution in [0.5, 0.6) is 0 Å². The lowest BCUT2D eigenvalue weighted by Gasteiger charge is -2.00. The van der Waals surface area contributed by atoms with E-state index in [1.54, 1.807) is 12.4 Å². The Hall–Kier alpha value is -2.53. The van der Waals surface area contributed by atoms with Gasteiger partial charge in [0.25, 0.3) is 0 Å². The van der Waals surface area contributed by atoms with Gasteiger partial charge < -0.3 is 10.8 Å². The summed E-state index contributed by atoms with van der Waals surface area (Å²) in [6.07, 6.45) is 3.60. The van der Waals surface area contributed by atoms with Gasteiger partial charge in [0, 0.05) is 23.2 Å². The number of aliphatic carboxylic acids is 1. The van der Waals surface area contributed by atoms with E-state index in [0.29, 0.717) is 0 Å². The summed E-state index contributed by atoms with van der Waals surface area (Å²) in [6, 6.07) is 12.1. The first-order valence-electron chi connectivity index (χ1n) is 5.72. The van der Waals surface area contributed by atoms with Gasteiger partial charge in [0.2, 0.25) is 0 Å². The maximum absolute atomic E-state index is 9.24. The zero-order valence-electron chi connectivity index (χ0n) is 10.2. The summed E-state index contributed by atoms with van der Waals surface area (Å²) in [6.45, 7) is -0.278. The van der Waals surface area contributed by atoms with Gasteiger partial charge in [-0.1, -0.05) is 24.3 Å². The molecule has 0 bridgehead atoms. The van der Waals surface area contributed by atoms with Gasteiger partial charge in [0.1, 0.15) is 0 Å². The number of pyridine rings is 2. The number of aromatic nitrogens is 2. The summed E-state index contributed by atoms with van der Waals surface area (Å²) < 4.78 is 0. The molecule has 3 rings (SSSR count). The van der Waals surface area contributed by atoms with E-state index in [2.05, 4.69) is 40.0 Å². The Kier molecular flexibility index (Phi) is 4.00. The van der Waals surface area contributed by atoms with Crippen LogP contribution in [0.25, 0.3) is 21.8 Å². The summed E-state index contributed by atoms with van der Waals surface area (Å²) in [5.74, 6) is -0.968. The van der Waals surface area contributed by atoms with Crippen LogP contribution in [0.4, 0.5) is 0 Å². The molecular formula is C14H13N3O2. The molecule has 5 heteroatoms. The maximum atomic E-state index is 9.24. The van der Waals surface area contributed by atoms with Gasteiger partial charge in [-0.25, -0.2) is 0 Å². The molecule has 3 aromatic rings. The lowest BCUT2D eigenvalue weighted by atomic mass is 10.1. The molecule has 0 fully saturated rings. The minimum atomic E-state index is -0.968. The number of carboxylic acid groups (broad SMARTS) is 1. The second-order valence-corrected chi connectivity index (χ2v) is 3.81. The number of carbonyl (C=O) groups is 1. The number of rotatable bonds is 1. The van der Waals surface area contributed by atoms with Crippen molar-refractivity contribution in [2.24, 2.45) is 5.73 Å². The molecule has 2 aromatic heterocycles. The molecule has 2 heterocycles. The molecule has 0 saturated carbocycles. The van der Waals surface area contributed by atoms with Crippen LogP contribution in [0.3, 0.4) is 0 Å². The Morgan fingerprint density at radius 2 is 1.42 bits per heavy atom. The monoisotopic (exact) mass is 255 g/mol. The van der Waals surface area contributed by atoms with Crippen molar-refractivity contribution >= 4 is 27.8 Å². The van der Waals surface area contributed by atoms with Gasteiger partial charge in [0.15, 0.2) is 0 Å². The Bertz CT molecular complexity index is 658. The lowest BCUT2D eigenvalue weighted by molar-refractivity contribution is -0.135. The normalized spacial score (nSPS) is 9.95. The van der Waals surface area contributed by atoms with Crippen LogP contribution in [0.15, 0.2) is 48.8 Å². The predicted molar refractivity (Wildman–Crippen MR) is 73.7 cm³/mol. The van der Waals surface area contributed by atoms with Crippen LogP contribution in [0, 0.1) is 0 Å². The fourth-order valence-electron chi connectivity index (χ4n) is 1.68. The highest BCUT2D eigenvalue weighted by atomic mass is 16.4. The van der Waals surface area contributed by atoms with Gasteiger partial charge in [-0.15, -0.1) is 0 Å². The molecule has 0 atom stereocenters. The largest absolute Gasteiger partial charge is 0.480 e. The molecule has 0 saturated heterocycles. The van der Waals surface area contributed by atoms with Crippen molar-refractivity contribution in [2.75, 3.05) is 6.54 Å². The number of benzene rings is 1. The molecule has 0 aliphatic carbocycles. The van der Waals surface area contributed by atoms with E-state index < -0.39 is 5.97 Å². The molecule has 0 radical (unpaired) electrons. The van der Waals surface area contributed by atoms with Crippen molar-refractivity contribution in [3.63, 3.8) is 0 Å². The number of hydrogen-bond acceptors (Lipinski definition) is 4. The van der Waals surface area contributed by atoms with E-state index >= 15 is 0 Å². The van der Waals surface area contributed by atoms with Crippen LogP contribution in [0.1, 0.15) is 0 Å². The molecule has 0 aliphatic heterocycles. The minimum Gasteiger partial charge on any atom is -0.480 e. The molecule has 0 unspecified atom stereocenters. The number of nitrogens with zero attached hydrogens (tertiary/aromatic N) is 2. The molecule has 5 nitrogen and oxygen atoms in total. The highest BCUT2D eigenvalue weighted by Crippen LogP contribution is 2.20. The van der Waals surface area contributed by atoms with Gasteiger partial charge in [0.05, 0.1) is 17.6 Å². The standard InChI is InChI=1S/C12H8N2.C2H5NO2/c1-3-9-5-6-10-4-2-8-14-12(10)11(9)13-7-1;3-1-2(4)5/h1-8H;1,3H2,(H,4,5). The first-order chi connectivity index (χ1) is 9.22. The molecule has 96 valence electrons. The topological polar surface area (TPSA) is 89.1 Å². The van der Waals surface area contributed by atoms with E-state index in [1.807, 2.05) is 12.1 Å². The highest BCUT2D eigenvalue weighted by Gasteiger charge is 2.00. The second-order valence-electron chi connectivity index (χ2n) is 3.81. The highest BCUT2D eigenvalue weighted by molar-refractivity contribution is 6.02. The van der Waals surface area contributed by atoms with E-state index in [9.17, 15) is 4.79 Å². The SMILES string of the molecule is NCC(=O)O.c1cnc2c(c1)ccc1cccnc12. The van der Waals surface area contributed by atoms with E-state index in [-0.39, 0.29) is 6.54 Å². The van der Waals surface area contributed by atoms with Crippen LogP contribution >= 0.6 is 0 Å². The quantitative estimate of drug-likeness (QED) is 0.647. The van der Waals surface area contributed by atoms with Gasteiger partial charge in [-0.05, 0) is 12.1 Å². The smallest absolute Gasteiger partial charge is 0.317 e. The summed E-state index contributed by atoms with van der Waals surface area (Å²) in [4.78, 5) is 17.9. The summed E-state index contributed by atoms with van der Waals surface area (Å²) >= 11 is 0. The number of fused-ring (bicyclic) bond motifs is 3. The number of hydrogen-bond donors (Lipinski definition) is 2. The van der Waals surface area contributed by atoms with Gasteiger partial charge >= 0.3 is 5.97 Å². The van der Waals surface area contributed by atoms with E-state index in [1.165, 1.54) is 0 Å². The third-order valence-corrected chi connectivity index (χ3v) is 2.52. The zero-order chi connectivity index (χ0) is 13.7. The first-order valence-corrected chi connectivity index (χ1v) is 5.72. The Balaban J connectivity index is 0.000000232. The first kappa shape index (κ1) is 12.9. The molecule has 0 aliphatic rings. The summed E-state index contributed by atoms with van der Waals surface area (Å²) in [7, 11) is 0. The number of carboxylic acids is 1. The maximum Gasteiger partial charge on any atom is 0.317 e. The second kappa shape index (κ2) is 5.88. The fraction of sp³-hybridized carbons (Fsp3) is 0.0714. The van der Waals surface area contributed by atoms with Crippen molar-refractivity contribution in [1.29, 1.82) is 0 Å². The predicted octanol–water partition coefficient (Wildman–Crippen LogP) is 1.81. The fourth-order valence-corrected chi connectivity index (χ4v) is 1.68. The lowest BCUT2D eigenvalue weighted by Crippen LogP contribution is -2.10. The summed E-state index contributed by atoms with van der Waals surface area (Å²) in [5.41, 5.74) is 6.53. The Morgan fingerprint density at radius 3 is 1.79 bits per heavy atom. The molecule has 1 aromatic carbocycles. The van der Waals surface area contributed by atoms with Crippen molar-refractivity contribution in [2.45, 2.75) is 0 Å². The zero-order valence-corrected chi connectivity index (χ0v) is 10.2. The van der Waals surface area contributed by atoms with Gasteiger partial charge in [-0.2, -0.15) is 0 Å². The van der Waals surface area contributed by atoms with E-state index in [0.717, 1.165) is 21.8 Å². The van der Waals surface area contributed by atoms with Crippen LogP contribution in [-0.4, -0.2) is 27.6 Å². The van der Waals surface area contributed by atoms with Crippen molar-refractivity contribution in [3.8, 4) is 0 Å².